The third kappa shape index (κ3) is 4.48. The zero-order valence-electron chi connectivity index (χ0n) is 16.4. The number of aryl methyl sites for hydroxylation is 1. The van der Waals surface area contributed by atoms with E-state index < -0.39 is 0 Å². The summed E-state index contributed by atoms with van der Waals surface area (Å²) >= 11 is 1.40. The van der Waals surface area contributed by atoms with Crippen molar-refractivity contribution in [1.82, 2.24) is 23.8 Å². The number of rotatable bonds is 5. The Bertz CT molecular complexity index is 978. The van der Waals surface area contributed by atoms with Crippen LogP contribution >= 0.6 is 11.5 Å². The van der Waals surface area contributed by atoms with Gasteiger partial charge in [-0.25, -0.2) is 14.8 Å². The lowest BCUT2D eigenvalue weighted by atomic mass is 10.1. The summed E-state index contributed by atoms with van der Waals surface area (Å²) in [6.45, 7) is 2.72. The summed E-state index contributed by atoms with van der Waals surface area (Å²) in [5.74, 6) is 2.32. The average molecular weight is 414 g/mol. The van der Waals surface area contributed by atoms with Crippen LogP contribution < -0.4 is 15.0 Å². The third-order valence-electron chi connectivity index (χ3n) is 4.84. The number of amides is 2. The Labute approximate surface area is 173 Å². The molecule has 4 rings (SSSR count). The summed E-state index contributed by atoms with van der Waals surface area (Å²) in [5.41, 5.74) is 1.12. The van der Waals surface area contributed by atoms with Gasteiger partial charge in [0.15, 0.2) is 0 Å². The summed E-state index contributed by atoms with van der Waals surface area (Å²) in [4.78, 5) is 25.1. The van der Waals surface area contributed by atoms with Crippen LogP contribution in [0.4, 0.5) is 15.7 Å². The summed E-state index contributed by atoms with van der Waals surface area (Å²) in [5, 5.41) is 3.79. The molecule has 10 heteroatoms. The minimum absolute atomic E-state index is 0.107. The minimum Gasteiger partial charge on any atom is -0.497 e. The first kappa shape index (κ1) is 19.2. The second kappa shape index (κ2) is 8.48. The third-order valence-corrected chi connectivity index (χ3v) is 5.66. The molecule has 1 aliphatic heterocycles. The van der Waals surface area contributed by atoms with Crippen LogP contribution in [-0.4, -0.2) is 63.1 Å². The maximum Gasteiger partial charge on any atom is 0.323 e. The molecular formula is C19H23N7O2S. The van der Waals surface area contributed by atoms with E-state index in [0.29, 0.717) is 25.3 Å². The number of nitrogens with zero attached hydrogens (tertiary/aromatic N) is 6. The van der Waals surface area contributed by atoms with Gasteiger partial charge in [-0.1, -0.05) is 12.1 Å². The van der Waals surface area contributed by atoms with Crippen molar-refractivity contribution in [3.05, 3.63) is 48.2 Å². The maximum absolute atomic E-state index is 12.4. The molecule has 152 valence electrons. The summed E-state index contributed by atoms with van der Waals surface area (Å²) in [7, 11) is 3.51. The number of aromatic nitrogens is 4. The first-order valence-corrected chi connectivity index (χ1v) is 10.1. The first-order chi connectivity index (χ1) is 14.1. The van der Waals surface area contributed by atoms with Crippen LogP contribution in [0, 0.1) is 0 Å². The molecule has 0 aliphatic carbocycles. The predicted molar refractivity (Wildman–Crippen MR) is 112 cm³/mol. The largest absolute Gasteiger partial charge is 0.497 e. The fraction of sp³-hybridized carbons (Fsp3) is 0.368. The molecule has 3 heterocycles. The van der Waals surface area contributed by atoms with E-state index in [2.05, 4.69) is 24.6 Å². The molecule has 29 heavy (non-hydrogen) atoms. The molecule has 0 bridgehead atoms. The molecule has 2 aromatic heterocycles. The van der Waals surface area contributed by atoms with E-state index in [-0.39, 0.29) is 6.03 Å². The van der Waals surface area contributed by atoms with E-state index in [1.165, 1.54) is 11.5 Å². The Kier molecular flexibility index (Phi) is 5.61. The van der Waals surface area contributed by atoms with Gasteiger partial charge in [-0.05, 0) is 17.7 Å². The number of carbonyl (C=O) groups excluding carboxylic acids is 1. The zero-order chi connectivity index (χ0) is 20.2. The molecule has 1 fully saturated rings. The van der Waals surface area contributed by atoms with Crippen molar-refractivity contribution in [2.75, 3.05) is 43.5 Å². The number of ether oxygens (including phenoxy) is 1. The van der Waals surface area contributed by atoms with Crippen LogP contribution in [0.1, 0.15) is 11.4 Å². The predicted octanol–water partition coefficient (Wildman–Crippen LogP) is 2.23. The Hall–Kier alpha value is -3.14. The molecule has 3 aromatic rings. The highest BCUT2D eigenvalue weighted by molar-refractivity contribution is 7.09. The number of benzene rings is 1. The lowest BCUT2D eigenvalue weighted by Gasteiger charge is -2.34. The van der Waals surface area contributed by atoms with Crippen LogP contribution in [0.5, 0.6) is 5.75 Å². The zero-order valence-corrected chi connectivity index (χ0v) is 17.2. The smallest absolute Gasteiger partial charge is 0.323 e. The van der Waals surface area contributed by atoms with E-state index in [0.717, 1.165) is 35.4 Å². The fourth-order valence-corrected chi connectivity index (χ4v) is 3.91. The van der Waals surface area contributed by atoms with Crippen molar-refractivity contribution >= 4 is 28.5 Å². The van der Waals surface area contributed by atoms with Gasteiger partial charge in [0.05, 0.1) is 19.6 Å². The quantitative estimate of drug-likeness (QED) is 0.690. The summed E-state index contributed by atoms with van der Waals surface area (Å²) in [6.07, 6.45) is 3.96. The second-order valence-corrected chi connectivity index (χ2v) is 7.55. The molecule has 1 N–H and O–H groups in total. The van der Waals surface area contributed by atoms with Gasteiger partial charge in [0.1, 0.15) is 17.4 Å². The van der Waals surface area contributed by atoms with Gasteiger partial charge in [0, 0.05) is 51.2 Å². The Morgan fingerprint density at radius 3 is 2.83 bits per heavy atom. The standard InChI is InChI=1S/C19H23N7O2S/c1-24-13-20-12-17(24)22-18(27)25-6-8-26(9-7-25)19-21-16(23-29-19)11-14-4-3-5-15(10-14)28-2/h3-5,10,12-13H,6-9,11H2,1-2H3,(H,22,27). The molecule has 1 aromatic carbocycles. The van der Waals surface area contributed by atoms with Gasteiger partial charge in [-0.15, -0.1) is 0 Å². The van der Waals surface area contributed by atoms with Gasteiger partial charge < -0.3 is 19.1 Å². The number of carbonyl (C=O) groups is 1. The number of urea groups is 1. The van der Waals surface area contributed by atoms with Gasteiger partial charge >= 0.3 is 6.03 Å². The lowest BCUT2D eigenvalue weighted by Crippen LogP contribution is -2.50. The van der Waals surface area contributed by atoms with Crippen molar-refractivity contribution in [1.29, 1.82) is 0 Å². The van der Waals surface area contributed by atoms with Gasteiger partial charge in [0.2, 0.25) is 5.13 Å². The molecule has 0 spiro atoms. The van der Waals surface area contributed by atoms with Gasteiger partial charge in [-0.3, -0.25) is 5.32 Å². The Morgan fingerprint density at radius 1 is 1.28 bits per heavy atom. The molecule has 0 radical (unpaired) electrons. The molecule has 0 unspecified atom stereocenters. The van der Waals surface area contributed by atoms with Crippen molar-refractivity contribution in [3.63, 3.8) is 0 Å². The molecule has 2 amide bonds. The number of imidazole rings is 1. The molecule has 1 saturated heterocycles. The molecular weight excluding hydrogens is 390 g/mol. The normalized spacial score (nSPS) is 14.1. The number of methoxy groups -OCH3 is 1. The first-order valence-electron chi connectivity index (χ1n) is 9.35. The molecule has 0 atom stereocenters. The van der Waals surface area contributed by atoms with Gasteiger partial charge in [-0.2, -0.15) is 4.37 Å². The lowest BCUT2D eigenvalue weighted by molar-refractivity contribution is 0.208. The van der Waals surface area contributed by atoms with E-state index >= 15 is 0 Å². The Balaban J connectivity index is 1.32. The van der Waals surface area contributed by atoms with Crippen molar-refractivity contribution in [3.8, 4) is 5.75 Å². The van der Waals surface area contributed by atoms with Crippen molar-refractivity contribution in [2.24, 2.45) is 7.05 Å². The number of piperazine rings is 1. The van der Waals surface area contributed by atoms with E-state index in [4.69, 9.17) is 4.74 Å². The highest BCUT2D eigenvalue weighted by atomic mass is 32.1. The van der Waals surface area contributed by atoms with E-state index in [1.807, 2.05) is 36.2 Å². The number of anilines is 2. The van der Waals surface area contributed by atoms with Crippen LogP contribution in [0.25, 0.3) is 0 Å². The summed E-state index contributed by atoms with van der Waals surface area (Å²) < 4.78 is 11.6. The minimum atomic E-state index is -0.107. The highest BCUT2D eigenvalue weighted by Gasteiger charge is 2.23. The number of nitrogens with one attached hydrogen (secondary N) is 1. The fourth-order valence-electron chi connectivity index (χ4n) is 3.18. The van der Waals surface area contributed by atoms with E-state index in [1.54, 1.807) is 24.2 Å². The van der Waals surface area contributed by atoms with Crippen molar-refractivity contribution < 1.29 is 9.53 Å². The topological polar surface area (TPSA) is 88.4 Å². The van der Waals surface area contributed by atoms with Crippen molar-refractivity contribution in [2.45, 2.75) is 6.42 Å². The highest BCUT2D eigenvalue weighted by Crippen LogP contribution is 2.22. The monoisotopic (exact) mass is 413 g/mol. The van der Waals surface area contributed by atoms with Crippen LogP contribution in [0.15, 0.2) is 36.8 Å². The molecule has 9 nitrogen and oxygen atoms in total. The van der Waals surface area contributed by atoms with Crippen LogP contribution in [-0.2, 0) is 13.5 Å². The maximum atomic E-state index is 12.4. The second-order valence-electron chi connectivity index (χ2n) is 6.82. The number of hydrogen-bond acceptors (Lipinski definition) is 7. The van der Waals surface area contributed by atoms with Gasteiger partial charge in [0.25, 0.3) is 0 Å². The van der Waals surface area contributed by atoms with E-state index in [9.17, 15) is 4.79 Å². The van der Waals surface area contributed by atoms with Crippen LogP contribution in [0.3, 0.4) is 0 Å². The molecule has 0 saturated carbocycles. The Morgan fingerprint density at radius 2 is 2.10 bits per heavy atom. The van der Waals surface area contributed by atoms with Crippen LogP contribution in [0.2, 0.25) is 0 Å². The average Bonchev–Trinajstić information content (AvgIpc) is 3.37. The SMILES string of the molecule is COc1cccc(Cc2nsc(N3CCN(C(=O)Nc4cncn4C)CC3)n2)c1. The number of hydrogen-bond donors (Lipinski definition) is 1. The molecule has 1 aliphatic rings. The summed E-state index contributed by atoms with van der Waals surface area (Å²) in [6, 6.07) is 7.83.